The third-order valence-corrected chi connectivity index (χ3v) is 25.0. The van der Waals surface area contributed by atoms with E-state index in [1.54, 1.807) is 14.2 Å². The molecule has 10 heteroatoms. The van der Waals surface area contributed by atoms with Crippen molar-refractivity contribution in [1.29, 1.82) is 0 Å². The molecule has 520 valence electrons. The van der Waals surface area contributed by atoms with Gasteiger partial charge in [0, 0.05) is 67.5 Å². The molecular weight excluding hydrogens is 1470 g/mol. The van der Waals surface area contributed by atoms with Crippen LogP contribution < -0.4 is 31.7 Å². The van der Waals surface area contributed by atoms with Crippen molar-refractivity contribution in [2.24, 2.45) is 0 Å². The summed E-state index contributed by atoms with van der Waals surface area (Å²) in [6.45, 7) is 0.117. The fraction of sp³-hybridized carbons (Fsp3) is 0.0400. The number of hydrogen-bond donors (Lipinski definition) is 0. The zero-order chi connectivity index (χ0) is 73.3. The van der Waals surface area contributed by atoms with Crippen LogP contribution in [0.1, 0.15) is 44.5 Å². The smallest absolute Gasteiger partial charge is 0.410 e. The number of benzene rings is 16. The van der Waals surface area contributed by atoms with Crippen molar-refractivity contribution in [2.75, 3.05) is 24.0 Å². The van der Waals surface area contributed by atoms with Crippen LogP contribution >= 0.6 is 31.9 Å². The van der Waals surface area contributed by atoms with Gasteiger partial charge in [0.05, 0.1) is 55.6 Å². The van der Waals surface area contributed by atoms with Crippen molar-refractivity contribution < 1.29 is 9.31 Å². The van der Waals surface area contributed by atoms with E-state index in [1.807, 2.05) is 30.3 Å². The average molecular weight is 1540 g/mol. The fourth-order valence-corrected chi connectivity index (χ4v) is 20.5. The maximum Gasteiger partial charge on any atom is 0.493 e. The van der Waals surface area contributed by atoms with Crippen LogP contribution in [-0.4, -0.2) is 37.2 Å². The zero-order valence-electron chi connectivity index (χ0n) is 60.3. The third kappa shape index (κ3) is 9.56. The first-order valence-corrected chi connectivity index (χ1v) is 39.1. The molecule has 5 aliphatic rings. The molecule has 0 saturated carbocycles. The molecule has 6 nitrogen and oxygen atoms in total. The average Bonchev–Trinajstić information content (AvgIpc) is 1.32. The van der Waals surface area contributed by atoms with Gasteiger partial charge in [-0.15, -0.1) is 0 Å². The Hall–Kier alpha value is -12.3. The van der Waals surface area contributed by atoms with Gasteiger partial charge in [0.15, 0.2) is 0 Å². The Morgan fingerprint density at radius 1 is 0.282 bits per heavy atom. The Labute approximate surface area is 656 Å². The van der Waals surface area contributed by atoms with Gasteiger partial charge < -0.3 is 28.2 Å². The van der Waals surface area contributed by atoms with Crippen LogP contribution in [0.5, 0.6) is 0 Å². The maximum atomic E-state index is 5.06. The van der Waals surface area contributed by atoms with Crippen molar-refractivity contribution in [2.45, 2.75) is 10.8 Å². The number of aromatic nitrogens is 2. The van der Waals surface area contributed by atoms with E-state index in [-0.39, 0.29) is 13.8 Å². The van der Waals surface area contributed by atoms with Gasteiger partial charge in [-0.3, -0.25) is 0 Å². The van der Waals surface area contributed by atoms with Crippen LogP contribution in [-0.2, 0) is 20.1 Å². The highest BCUT2D eigenvalue weighted by molar-refractivity contribution is 9.11. The molecule has 23 rings (SSSR count). The number of para-hydroxylation sites is 8. The Kier molecular flexibility index (Phi) is 15.7. The van der Waals surface area contributed by atoms with E-state index >= 15 is 0 Å². The minimum absolute atomic E-state index is 0.117. The van der Waals surface area contributed by atoms with Crippen molar-refractivity contribution in [3.8, 4) is 33.6 Å². The Morgan fingerprint density at radius 2 is 0.636 bits per heavy atom. The Morgan fingerprint density at radius 3 is 1.11 bits per heavy atom. The van der Waals surface area contributed by atoms with Gasteiger partial charge >= 0.3 is 7.12 Å². The lowest BCUT2D eigenvalue weighted by Gasteiger charge is -2.49. The van der Waals surface area contributed by atoms with Crippen LogP contribution in [0, 0.1) is 0 Å². The molecule has 110 heavy (non-hydrogen) atoms. The second kappa shape index (κ2) is 26.3. The first-order chi connectivity index (χ1) is 54.4. The topological polar surface area (TPSA) is 34.8 Å². The standard InChI is InChI=1S/C49H31BN2.C43H26Br2N2.C8H11BO2/c1-2-15-32(16-3-1)50-42-24-10-13-28-47(42)52-46-30-29-33(51-44-26-11-6-19-36(44)37-20-7-12-27-45(37)51)31-41(46)49(40-23-14-25-43(50)48(40)52)38-21-8-4-17-34(38)35-18-5-9-22-39(35)49;44-36-19-7-10-23-41(36)47-40-25-24-27(46-38-21-8-3-14-30(38)31-15-4-9-22-39(31)46)26-35(40)43(34-18-11-20-37(45)42(34)47)32-16-5-1-12-28(32)29-13-2-6-17-33(29)43;1-10-9(11-2)8-6-4-3-5-7-8/h1-31H;1-26H;3-7H,1-2H3. The van der Waals surface area contributed by atoms with E-state index in [2.05, 4.69) is 397 Å². The van der Waals surface area contributed by atoms with Gasteiger partial charge in [-0.2, -0.15) is 0 Å². The third-order valence-electron chi connectivity index (χ3n) is 23.7. The van der Waals surface area contributed by atoms with Gasteiger partial charge in [-0.25, -0.2) is 0 Å². The molecule has 16 aromatic carbocycles. The van der Waals surface area contributed by atoms with E-state index < -0.39 is 10.8 Å². The van der Waals surface area contributed by atoms with E-state index in [4.69, 9.17) is 9.31 Å². The van der Waals surface area contributed by atoms with Crippen LogP contribution in [0.4, 0.5) is 34.1 Å². The summed E-state index contributed by atoms with van der Waals surface area (Å²) in [6.07, 6.45) is 0. The van der Waals surface area contributed by atoms with Crippen LogP contribution in [0.15, 0.2) is 385 Å². The number of halogens is 2. The quantitative estimate of drug-likeness (QED) is 0.149. The molecule has 0 saturated heterocycles. The van der Waals surface area contributed by atoms with Crippen molar-refractivity contribution in [3.63, 3.8) is 0 Å². The summed E-state index contributed by atoms with van der Waals surface area (Å²) in [5.74, 6) is 0. The minimum atomic E-state index is -0.534. The summed E-state index contributed by atoms with van der Waals surface area (Å²) in [4.78, 5) is 5.02. The van der Waals surface area contributed by atoms with Crippen LogP contribution in [0.2, 0.25) is 0 Å². The van der Waals surface area contributed by atoms with E-state index in [0.29, 0.717) is 0 Å². The monoisotopic (exact) mass is 1540 g/mol. The molecule has 0 unspecified atom stereocenters. The Bertz CT molecular complexity index is 6550. The lowest BCUT2D eigenvalue weighted by atomic mass is 9.34. The lowest BCUT2D eigenvalue weighted by Crippen LogP contribution is -2.58. The normalized spacial score (nSPS) is 13.6. The molecule has 0 amide bonds. The highest BCUT2D eigenvalue weighted by Gasteiger charge is 2.55. The number of rotatable bonds is 7. The summed E-state index contributed by atoms with van der Waals surface area (Å²) < 4.78 is 17.1. The molecule has 2 aromatic heterocycles. The number of fused-ring (bicyclic) bond motifs is 26. The lowest BCUT2D eigenvalue weighted by molar-refractivity contribution is 0.292. The summed E-state index contributed by atoms with van der Waals surface area (Å²) >= 11 is 7.97. The molecule has 3 aliphatic heterocycles. The van der Waals surface area contributed by atoms with Gasteiger partial charge in [-0.05, 0) is 200 Å². The van der Waals surface area contributed by atoms with Gasteiger partial charge in [0.2, 0.25) is 6.71 Å². The fourth-order valence-electron chi connectivity index (χ4n) is 19.5. The van der Waals surface area contributed by atoms with E-state index in [1.165, 1.54) is 150 Å². The zero-order valence-corrected chi connectivity index (χ0v) is 63.5. The molecule has 18 aromatic rings. The molecule has 0 fully saturated rings. The summed E-state index contributed by atoms with van der Waals surface area (Å²) in [7, 11) is 3.01. The molecule has 0 atom stereocenters. The van der Waals surface area contributed by atoms with Crippen molar-refractivity contribution in [3.05, 3.63) is 430 Å². The number of anilines is 6. The molecule has 0 bridgehead atoms. The van der Waals surface area contributed by atoms with E-state index in [0.717, 1.165) is 37.2 Å². The molecule has 2 aliphatic carbocycles. The second-order valence-electron chi connectivity index (χ2n) is 28.9. The predicted octanol–water partition coefficient (Wildman–Crippen LogP) is 22.9. The van der Waals surface area contributed by atoms with Crippen molar-refractivity contribution >= 4 is 145 Å². The van der Waals surface area contributed by atoms with Gasteiger partial charge in [-0.1, -0.05) is 297 Å². The molecule has 2 spiro atoms. The molecule has 5 heterocycles. The summed E-state index contributed by atoms with van der Waals surface area (Å²) in [5.41, 5.74) is 34.0. The SMILES string of the molecule is Brc1ccccc1N1c2ccc(-n3c4ccccc4c4ccccc43)cc2C2(c3ccccc3-c3ccccc32)c2cccc(Br)c21.COB(OC)c1ccccc1.c1ccc(B2c3ccccc3N3c4ccc(-n5c6ccccc6c6ccccc65)cc4C4(c5ccccc5-c5ccccc54)c4cccc2c43)cc1. The maximum absolute atomic E-state index is 5.06. The summed E-state index contributed by atoms with van der Waals surface area (Å²) in [6, 6.07) is 138. The van der Waals surface area contributed by atoms with Gasteiger partial charge in [0.1, 0.15) is 0 Å². The molecule has 0 N–H and O–H groups in total. The first kappa shape index (κ1) is 66.0. The highest BCUT2D eigenvalue weighted by atomic mass is 79.9. The second-order valence-corrected chi connectivity index (χ2v) is 30.7. The Balaban J connectivity index is 0.000000123. The first-order valence-electron chi connectivity index (χ1n) is 37.6. The van der Waals surface area contributed by atoms with Crippen LogP contribution in [0.25, 0.3) is 77.2 Å². The number of hydrogen-bond acceptors (Lipinski definition) is 4. The highest BCUT2D eigenvalue weighted by Crippen LogP contribution is 2.67. The minimum Gasteiger partial charge on any atom is -0.410 e. The largest absolute Gasteiger partial charge is 0.493 e. The van der Waals surface area contributed by atoms with Crippen LogP contribution in [0.3, 0.4) is 0 Å². The number of nitrogens with zero attached hydrogens (tertiary/aromatic N) is 4. The van der Waals surface area contributed by atoms with Gasteiger partial charge in [0.25, 0.3) is 0 Å². The molecule has 0 radical (unpaired) electrons. The predicted molar refractivity (Wildman–Crippen MR) is 465 cm³/mol. The van der Waals surface area contributed by atoms with E-state index in [9.17, 15) is 0 Å². The summed E-state index contributed by atoms with van der Waals surface area (Å²) in [5, 5.41) is 5.07. The van der Waals surface area contributed by atoms with Crippen molar-refractivity contribution in [1.82, 2.24) is 9.13 Å². The molecular formula is C100H68B2Br2N4O2.